The molecule has 4 aromatic rings. The minimum absolute atomic E-state index is 0.115. The van der Waals surface area contributed by atoms with Gasteiger partial charge in [-0.05, 0) is 31.5 Å². The van der Waals surface area contributed by atoms with Crippen LogP contribution in [-0.2, 0) is 6.42 Å². The number of benzene rings is 1. The summed E-state index contributed by atoms with van der Waals surface area (Å²) in [4.78, 5) is 22.0. The second-order valence-corrected chi connectivity index (χ2v) is 7.00. The molecule has 144 valence electrons. The molecular weight excluding hydrogens is 360 g/mol. The number of pyridine rings is 1. The third-order valence-electron chi connectivity index (χ3n) is 4.61. The topological polar surface area (TPSA) is 76.5 Å². The maximum atomic E-state index is 4.85. The first kappa shape index (κ1) is 18.7. The lowest BCUT2D eigenvalue weighted by atomic mass is 10.0. The second-order valence-electron chi connectivity index (χ2n) is 7.00. The van der Waals surface area contributed by atoms with E-state index in [0.29, 0.717) is 5.95 Å². The Labute approximate surface area is 170 Å². The molecule has 4 rings (SSSR count). The van der Waals surface area contributed by atoms with Crippen molar-refractivity contribution in [2.24, 2.45) is 0 Å². The first-order valence-corrected chi connectivity index (χ1v) is 9.55. The average Bonchev–Trinajstić information content (AvgIpc) is 2.75. The fraction of sp³-hybridized carbons (Fsp3) is 0.174. The summed E-state index contributed by atoms with van der Waals surface area (Å²) in [6, 6.07) is 12.4. The molecule has 0 bridgehead atoms. The quantitative estimate of drug-likeness (QED) is 0.534. The molecule has 0 saturated heterocycles. The van der Waals surface area contributed by atoms with E-state index in [-0.39, 0.29) is 6.04 Å². The summed E-state index contributed by atoms with van der Waals surface area (Å²) >= 11 is 0. The van der Waals surface area contributed by atoms with Gasteiger partial charge in [-0.15, -0.1) is 0 Å². The first-order chi connectivity index (χ1) is 14.2. The maximum absolute atomic E-state index is 4.85. The maximum Gasteiger partial charge on any atom is 0.223 e. The van der Waals surface area contributed by atoms with Gasteiger partial charge in [-0.2, -0.15) is 0 Å². The molecule has 3 aromatic heterocycles. The van der Waals surface area contributed by atoms with E-state index in [1.54, 1.807) is 31.0 Å². The van der Waals surface area contributed by atoms with Gasteiger partial charge in [-0.25, -0.2) is 9.97 Å². The Morgan fingerprint density at radius 3 is 2.34 bits per heavy atom. The molecule has 1 N–H and O–H groups in total. The van der Waals surface area contributed by atoms with Gasteiger partial charge in [-0.1, -0.05) is 29.8 Å². The third kappa shape index (κ3) is 4.60. The van der Waals surface area contributed by atoms with Crippen LogP contribution in [0, 0.1) is 6.92 Å². The van der Waals surface area contributed by atoms with Gasteiger partial charge in [-0.3, -0.25) is 15.0 Å². The van der Waals surface area contributed by atoms with Crippen LogP contribution in [0.5, 0.6) is 0 Å². The lowest BCUT2D eigenvalue weighted by molar-refractivity contribution is 0.754. The Bertz CT molecular complexity index is 1070. The Morgan fingerprint density at radius 1 is 0.828 bits per heavy atom. The van der Waals surface area contributed by atoms with Gasteiger partial charge in [0.1, 0.15) is 0 Å². The largest absolute Gasteiger partial charge is 0.351 e. The number of aryl methyl sites for hydroxylation is 1. The smallest absolute Gasteiger partial charge is 0.223 e. The van der Waals surface area contributed by atoms with Crippen LogP contribution in [0.3, 0.4) is 0 Å². The molecule has 0 spiro atoms. The molecule has 0 fully saturated rings. The van der Waals surface area contributed by atoms with E-state index in [1.165, 1.54) is 5.56 Å². The summed E-state index contributed by atoms with van der Waals surface area (Å²) in [6.07, 6.45) is 11.3. The Kier molecular flexibility index (Phi) is 5.52. The molecule has 0 aliphatic carbocycles. The number of nitrogens with one attached hydrogen (secondary N) is 1. The van der Waals surface area contributed by atoms with Crippen LogP contribution in [-0.4, -0.2) is 31.0 Å². The highest BCUT2D eigenvalue weighted by Crippen LogP contribution is 2.30. The second kappa shape index (κ2) is 8.56. The lowest BCUT2D eigenvalue weighted by Crippen LogP contribution is -2.20. The van der Waals surface area contributed by atoms with Crippen LogP contribution < -0.4 is 5.32 Å². The predicted octanol–water partition coefficient (Wildman–Crippen LogP) is 4.35. The SMILES string of the molecule is Cc1ccc(-c2nc(N[C@H](C)Cc3cnccn3)ncc2-c2ccncc2)cc1. The molecule has 1 atom stereocenters. The number of anilines is 1. The molecule has 0 amide bonds. The zero-order chi connectivity index (χ0) is 20.1. The van der Waals surface area contributed by atoms with Crippen LogP contribution in [0.25, 0.3) is 22.4 Å². The first-order valence-electron chi connectivity index (χ1n) is 9.55. The van der Waals surface area contributed by atoms with Crippen molar-refractivity contribution in [2.75, 3.05) is 5.32 Å². The standard InChI is InChI=1S/C23H22N6/c1-16-3-5-19(6-4-16)22-21(18-7-9-24-10-8-18)15-27-23(29-22)28-17(2)13-20-14-25-11-12-26-20/h3-12,14-15,17H,13H2,1-2H3,(H,27,28,29)/t17-/m1/s1. The molecule has 0 saturated carbocycles. The minimum atomic E-state index is 0.115. The summed E-state index contributed by atoms with van der Waals surface area (Å²) in [5.41, 5.74) is 6.09. The summed E-state index contributed by atoms with van der Waals surface area (Å²) in [5, 5.41) is 3.39. The average molecular weight is 382 g/mol. The number of aromatic nitrogens is 5. The molecule has 3 heterocycles. The van der Waals surface area contributed by atoms with E-state index in [0.717, 1.165) is 34.5 Å². The monoisotopic (exact) mass is 382 g/mol. The van der Waals surface area contributed by atoms with Crippen molar-refractivity contribution in [1.82, 2.24) is 24.9 Å². The molecule has 0 radical (unpaired) electrons. The molecule has 6 heteroatoms. The van der Waals surface area contributed by atoms with Crippen molar-refractivity contribution >= 4 is 5.95 Å². The van der Waals surface area contributed by atoms with Gasteiger partial charge in [0.2, 0.25) is 5.95 Å². The summed E-state index contributed by atoms with van der Waals surface area (Å²) in [6.45, 7) is 4.16. The van der Waals surface area contributed by atoms with E-state index in [9.17, 15) is 0 Å². The third-order valence-corrected chi connectivity index (χ3v) is 4.61. The van der Waals surface area contributed by atoms with Crippen LogP contribution in [0.2, 0.25) is 0 Å². The molecule has 0 aliphatic heterocycles. The van der Waals surface area contributed by atoms with Gasteiger partial charge in [0.05, 0.1) is 11.4 Å². The number of nitrogens with zero attached hydrogens (tertiary/aromatic N) is 5. The van der Waals surface area contributed by atoms with Crippen molar-refractivity contribution in [1.29, 1.82) is 0 Å². The lowest BCUT2D eigenvalue weighted by Gasteiger charge is -2.16. The van der Waals surface area contributed by atoms with E-state index < -0.39 is 0 Å². The zero-order valence-corrected chi connectivity index (χ0v) is 16.4. The van der Waals surface area contributed by atoms with E-state index in [1.807, 2.05) is 18.3 Å². The van der Waals surface area contributed by atoms with Gasteiger partial charge in [0, 0.05) is 60.8 Å². The number of rotatable bonds is 6. The normalized spacial score (nSPS) is 11.8. The van der Waals surface area contributed by atoms with Crippen molar-refractivity contribution < 1.29 is 0 Å². The van der Waals surface area contributed by atoms with Crippen molar-refractivity contribution in [3.8, 4) is 22.4 Å². The minimum Gasteiger partial charge on any atom is -0.351 e. The summed E-state index contributed by atoms with van der Waals surface area (Å²) < 4.78 is 0. The molecule has 0 unspecified atom stereocenters. The Morgan fingerprint density at radius 2 is 1.62 bits per heavy atom. The van der Waals surface area contributed by atoms with Gasteiger partial charge in [0.25, 0.3) is 0 Å². The van der Waals surface area contributed by atoms with E-state index >= 15 is 0 Å². The molecular formula is C23H22N6. The van der Waals surface area contributed by atoms with Crippen LogP contribution in [0.15, 0.2) is 73.6 Å². The van der Waals surface area contributed by atoms with Gasteiger partial charge < -0.3 is 5.32 Å². The highest BCUT2D eigenvalue weighted by atomic mass is 15.1. The predicted molar refractivity (Wildman–Crippen MR) is 114 cm³/mol. The van der Waals surface area contributed by atoms with Crippen molar-refractivity contribution in [3.63, 3.8) is 0 Å². The molecule has 1 aromatic carbocycles. The Hall–Kier alpha value is -3.67. The van der Waals surface area contributed by atoms with E-state index in [4.69, 9.17) is 4.98 Å². The van der Waals surface area contributed by atoms with Crippen molar-refractivity contribution in [2.45, 2.75) is 26.3 Å². The summed E-state index contributed by atoms with van der Waals surface area (Å²) in [5.74, 6) is 0.592. The zero-order valence-electron chi connectivity index (χ0n) is 16.4. The fourth-order valence-electron chi connectivity index (χ4n) is 3.15. The molecule has 0 aliphatic rings. The molecule has 29 heavy (non-hydrogen) atoms. The fourth-order valence-corrected chi connectivity index (χ4v) is 3.15. The highest BCUT2D eigenvalue weighted by Gasteiger charge is 2.13. The van der Waals surface area contributed by atoms with E-state index in [2.05, 4.69) is 63.4 Å². The summed E-state index contributed by atoms with van der Waals surface area (Å²) in [7, 11) is 0. The number of hydrogen-bond acceptors (Lipinski definition) is 6. The molecule has 6 nitrogen and oxygen atoms in total. The van der Waals surface area contributed by atoms with Crippen LogP contribution in [0.1, 0.15) is 18.2 Å². The Balaban J connectivity index is 1.66. The van der Waals surface area contributed by atoms with Crippen molar-refractivity contribution in [3.05, 3.63) is 84.8 Å². The van der Waals surface area contributed by atoms with Crippen LogP contribution in [0.4, 0.5) is 5.95 Å². The van der Waals surface area contributed by atoms with Gasteiger partial charge in [0.15, 0.2) is 0 Å². The number of hydrogen-bond donors (Lipinski definition) is 1. The van der Waals surface area contributed by atoms with Crippen LogP contribution >= 0.6 is 0 Å². The van der Waals surface area contributed by atoms with Gasteiger partial charge >= 0.3 is 0 Å². The highest BCUT2D eigenvalue weighted by molar-refractivity contribution is 5.80.